The Morgan fingerprint density at radius 2 is 1.67 bits per heavy atom. The van der Waals surface area contributed by atoms with Crippen molar-refractivity contribution in [3.63, 3.8) is 0 Å². The number of carbonyl (C=O) groups excluding carboxylic acids is 1. The van der Waals surface area contributed by atoms with Crippen molar-refractivity contribution in [3.05, 3.63) is 78.1 Å². The second kappa shape index (κ2) is 7.47. The number of tetrazole rings is 1. The van der Waals surface area contributed by atoms with E-state index in [9.17, 15) is 9.90 Å². The summed E-state index contributed by atoms with van der Waals surface area (Å²) in [4.78, 5) is 12.8. The van der Waals surface area contributed by atoms with Gasteiger partial charge in [0.15, 0.2) is 6.04 Å². The van der Waals surface area contributed by atoms with Gasteiger partial charge in [-0.3, -0.25) is 4.79 Å². The molecule has 122 valence electrons. The van der Waals surface area contributed by atoms with Gasteiger partial charge in [0.1, 0.15) is 6.33 Å². The van der Waals surface area contributed by atoms with E-state index in [1.807, 2.05) is 60.7 Å². The molecule has 24 heavy (non-hydrogen) atoms. The van der Waals surface area contributed by atoms with Gasteiger partial charge >= 0.3 is 0 Å². The normalized spacial score (nSPS) is 13.2. The number of benzene rings is 2. The van der Waals surface area contributed by atoms with Crippen LogP contribution in [0.5, 0.6) is 0 Å². The minimum Gasteiger partial charge on any atom is -0.394 e. The van der Waals surface area contributed by atoms with Gasteiger partial charge in [-0.15, -0.1) is 5.10 Å². The number of nitrogens with one attached hydrogen (secondary N) is 1. The fourth-order valence-corrected chi connectivity index (χ4v) is 2.52. The van der Waals surface area contributed by atoms with E-state index >= 15 is 0 Å². The minimum absolute atomic E-state index is 0.202. The second-order valence-electron chi connectivity index (χ2n) is 5.26. The van der Waals surface area contributed by atoms with E-state index in [0.29, 0.717) is 0 Å². The lowest BCUT2D eigenvalue weighted by atomic mass is 10.0. The van der Waals surface area contributed by atoms with Crippen molar-refractivity contribution in [2.45, 2.75) is 12.1 Å². The second-order valence-corrected chi connectivity index (χ2v) is 5.26. The highest BCUT2D eigenvalue weighted by molar-refractivity contribution is 5.83. The Balaban J connectivity index is 1.87. The lowest BCUT2D eigenvalue weighted by Crippen LogP contribution is -2.37. The van der Waals surface area contributed by atoms with Crippen molar-refractivity contribution in [2.75, 3.05) is 6.61 Å². The van der Waals surface area contributed by atoms with E-state index in [0.717, 1.165) is 11.1 Å². The summed E-state index contributed by atoms with van der Waals surface area (Å²) in [5.74, 6) is -0.295. The van der Waals surface area contributed by atoms with E-state index in [2.05, 4.69) is 20.8 Å². The van der Waals surface area contributed by atoms with Crippen LogP contribution < -0.4 is 5.32 Å². The summed E-state index contributed by atoms with van der Waals surface area (Å²) < 4.78 is 1.39. The zero-order chi connectivity index (χ0) is 16.8. The quantitative estimate of drug-likeness (QED) is 0.709. The van der Waals surface area contributed by atoms with Gasteiger partial charge in [-0.05, 0) is 21.6 Å². The maximum atomic E-state index is 12.8. The zero-order valence-corrected chi connectivity index (χ0v) is 12.9. The summed E-state index contributed by atoms with van der Waals surface area (Å²) in [5, 5.41) is 23.6. The molecule has 0 aliphatic heterocycles. The molecule has 0 spiro atoms. The molecule has 0 unspecified atom stereocenters. The van der Waals surface area contributed by atoms with Gasteiger partial charge in [0.05, 0.1) is 12.6 Å². The molecule has 3 aromatic rings. The summed E-state index contributed by atoms with van der Waals surface area (Å²) in [6.07, 6.45) is 1.40. The van der Waals surface area contributed by atoms with E-state index < -0.39 is 12.1 Å². The molecule has 2 atom stereocenters. The van der Waals surface area contributed by atoms with Gasteiger partial charge in [-0.25, -0.2) is 4.68 Å². The topological polar surface area (TPSA) is 92.9 Å². The van der Waals surface area contributed by atoms with Gasteiger partial charge in [0.25, 0.3) is 0 Å². The fraction of sp³-hybridized carbons (Fsp3) is 0.176. The third-order valence-corrected chi connectivity index (χ3v) is 3.69. The number of carbonyl (C=O) groups is 1. The summed E-state index contributed by atoms with van der Waals surface area (Å²) in [7, 11) is 0. The Kier molecular flexibility index (Phi) is 4.93. The van der Waals surface area contributed by atoms with Crippen LogP contribution in [-0.4, -0.2) is 37.8 Å². The molecule has 1 amide bonds. The standard InChI is InChI=1S/C17H17N5O2/c23-11-15(13-7-3-1-4-8-13)19-17(24)16(22-12-18-20-21-22)14-9-5-2-6-10-14/h1-10,12,15-16,23H,11H2,(H,19,24)/t15-,16-/m0/s1. The number of nitrogens with zero attached hydrogens (tertiary/aromatic N) is 4. The van der Waals surface area contributed by atoms with Crippen LogP contribution in [-0.2, 0) is 4.79 Å². The first-order chi connectivity index (χ1) is 11.8. The first-order valence-electron chi connectivity index (χ1n) is 7.53. The van der Waals surface area contributed by atoms with Crippen molar-refractivity contribution >= 4 is 5.91 Å². The lowest BCUT2D eigenvalue weighted by Gasteiger charge is -2.21. The number of aromatic nitrogens is 4. The van der Waals surface area contributed by atoms with Crippen molar-refractivity contribution in [1.82, 2.24) is 25.5 Å². The Morgan fingerprint density at radius 1 is 1.04 bits per heavy atom. The molecule has 0 aliphatic carbocycles. The van der Waals surface area contributed by atoms with Crippen LogP contribution in [0, 0.1) is 0 Å². The van der Waals surface area contributed by atoms with Gasteiger partial charge in [-0.1, -0.05) is 60.7 Å². The molecule has 1 heterocycles. The van der Waals surface area contributed by atoms with Crippen LogP contribution in [0.25, 0.3) is 0 Å². The summed E-state index contributed by atoms with van der Waals surface area (Å²) >= 11 is 0. The number of amides is 1. The summed E-state index contributed by atoms with van der Waals surface area (Å²) in [5.41, 5.74) is 1.59. The molecule has 0 fully saturated rings. The van der Waals surface area contributed by atoms with Gasteiger partial charge < -0.3 is 10.4 Å². The Bertz CT molecular complexity index is 762. The molecule has 2 aromatic carbocycles. The molecule has 2 N–H and O–H groups in total. The maximum Gasteiger partial charge on any atom is 0.250 e. The molecule has 1 aromatic heterocycles. The van der Waals surface area contributed by atoms with Crippen molar-refractivity contribution in [2.24, 2.45) is 0 Å². The van der Waals surface area contributed by atoms with Crippen molar-refractivity contribution in [1.29, 1.82) is 0 Å². The monoisotopic (exact) mass is 323 g/mol. The summed E-state index contributed by atoms with van der Waals surface area (Å²) in [6, 6.07) is 17.4. The highest BCUT2D eigenvalue weighted by atomic mass is 16.3. The molecule has 0 bridgehead atoms. The average molecular weight is 323 g/mol. The molecule has 3 rings (SSSR count). The van der Waals surface area contributed by atoms with E-state index in [1.165, 1.54) is 11.0 Å². The largest absolute Gasteiger partial charge is 0.394 e. The van der Waals surface area contributed by atoms with Crippen LogP contribution >= 0.6 is 0 Å². The molecule has 7 nitrogen and oxygen atoms in total. The van der Waals surface area contributed by atoms with Crippen LogP contribution in [0.4, 0.5) is 0 Å². The highest BCUT2D eigenvalue weighted by Gasteiger charge is 2.26. The van der Waals surface area contributed by atoms with Crippen LogP contribution in [0.15, 0.2) is 67.0 Å². The zero-order valence-electron chi connectivity index (χ0n) is 12.9. The van der Waals surface area contributed by atoms with Gasteiger partial charge in [0.2, 0.25) is 5.91 Å². The van der Waals surface area contributed by atoms with E-state index in [1.54, 1.807) is 0 Å². The average Bonchev–Trinajstić information content (AvgIpc) is 3.15. The number of aliphatic hydroxyl groups is 1. The molecule has 7 heteroatoms. The molecule has 0 saturated carbocycles. The number of rotatable bonds is 6. The molecular formula is C17H17N5O2. The predicted octanol–water partition coefficient (Wildman–Crippen LogP) is 1.11. The Labute approximate surface area is 138 Å². The number of hydrogen-bond donors (Lipinski definition) is 2. The molecule has 0 radical (unpaired) electrons. The van der Waals surface area contributed by atoms with Gasteiger partial charge in [0, 0.05) is 0 Å². The molecule has 0 saturated heterocycles. The molecular weight excluding hydrogens is 306 g/mol. The minimum atomic E-state index is -0.709. The molecule has 0 aliphatic rings. The summed E-state index contributed by atoms with van der Waals surface area (Å²) in [6.45, 7) is -0.202. The Hall–Kier alpha value is -3.06. The number of aliphatic hydroxyl groups excluding tert-OH is 1. The third kappa shape index (κ3) is 3.47. The van der Waals surface area contributed by atoms with Crippen molar-refractivity contribution < 1.29 is 9.90 Å². The van der Waals surface area contributed by atoms with Crippen molar-refractivity contribution in [3.8, 4) is 0 Å². The first-order valence-corrected chi connectivity index (χ1v) is 7.53. The predicted molar refractivity (Wildman–Crippen MR) is 86.8 cm³/mol. The van der Waals surface area contributed by atoms with E-state index in [-0.39, 0.29) is 12.5 Å². The smallest absolute Gasteiger partial charge is 0.250 e. The maximum absolute atomic E-state index is 12.8. The van der Waals surface area contributed by atoms with Crippen LogP contribution in [0.2, 0.25) is 0 Å². The lowest BCUT2D eigenvalue weighted by molar-refractivity contribution is -0.124. The fourth-order valence-electron chi connectivity index (χ4n) is 2.52. The Morgan fingerprint density at radius 3 is 2.21 bits per heavy atom. The first kappa shape index (κ1) is 15.8. The third-order valence-electron chi connectivity index (χ3n) is 3.69. The van der Waals surface area contributed by atoms with Crippen LogP contribution in [0.1, 0.15) is 23.2 Å². The number of hydrogen-bond acceptors (Lipinski definition) is 5. The van der Waals surface area contributed by atoms with Gasteiger partial charge in [-0.2, -0.15) is 0 Å². The van der Waals surface area contributed by atoms with Crippen LogP contribution in [0.3, 0.4) is 0 Å². The van der Waals surface area contributed by atoms with E-state index in [4.69, 9.17) is 0 Å². The highest BCUT2D eigenvalue weighted by Crippen LogP contribution is 2.19. The SMILES string of the molecule is O=C(N[C@@H](CO)c1ccccc1)[C@H](c1ccccc1)n1cnnn1.